The Morgan fingerprint density at radius 2 is 1.44 bits per heavy atom. The Bertz CT molecular complexity index is 698. The first-order valence-corrected chi connectivity index (χ1v) is 6.00. The predicted octanol–water partition coefficient (Wildman–Crippen LogP) is 3.04. The fourth-order valence-corrected chi connectivity index (χ4v) is 2.20. The van der Waals surface area contributed by atoms with E-state index in [-0.39, 0.29) is 5.11 Å². The molecule has 1 heterocycles. The van der Waals surface area contributed by atoms with Gasteiger partial charge in [0.1, 0.15) is 0 Å². The average Bonchev–Trinajstić information content (AvgIpc) is 2.38. The number of benzene rings is 2. The lowest BCUT2D eigenvalue weighted by atomic mass is 10.1. The minimum absolute atomic E-state index is 0.261. The molecule has 0 aliphatic rings. The fourth-order valence-electron chi connectivity index (χ4n) is 2.10. The van der Waals surface area contributed by atoms with Gasteiger partial charge in [-0.15, -0.1) is 0 Å². The van der Waals surface area contributed by atoms with Crippen molar-refractivity contribution in [3.63, 3.8) is 0 Å². The summed E-state index contributed by atoms with van der Waals surface area (Å²) in [5, 5.41) is 5.36. The number of hydrogen-bond donors (Lipinski definition) is 2. The highest BCUT2D eigenvalue weighted by Crippen LogP contribution is 2.30. The molecule has 0 spiro atoms. The number of para-hydroxylation sites is 2. The summed E-state index contributed by atoms with van der Waals surface area (Å²) in [7, 11) is 0. The summed E-state index contributed by atoms with van der Waals surface area (Å²) in [5.74, 6) is 0. The largest absolute Gasteiger partial charge is 0.376 e. The Balaban J connectivity index is 2.45. The molecule has 0 radical (unpaired) electrons. The molecule has 0 unspecified atom stereocenters. The quantitative estimate of drug-likeness (QED) is 0.517. The van der Waals surface area contributed by atoms with E-state index in [1.807, 2.05) is 48.5 Å². The summed E-state index contributed by atoms with van der Waals surface area (Å²) < 4.78 is 0. The maximum absolute atomic E-state index is 5.61. The minimum atomic E-state index is 0.261. The fraction of sp³-hybridized carbons (Fsp3) is 0. The molecule has 3 aromatic rings. The van der Waals surface area contributed by atoms with Gasteiger partial charge in [0.2, 0.25) is 0 Å². The number of fused-ring (bicyclic) bond motifs is 2. The predicted molar refractivity (Wildman–Crippen MR) is 79.7 cm³/mol. The van der Waals surface area contributed by atoms with Crippen LogP contribution in [-0.4, -0.2) is 10.1 Å². The van der Waals surface area contributed by atoms with E-state index >= 15 is 0 Å². The normalized spacial score (nSPS) is 10.7. The van der Waals surface area contributed by atoms with Crippen LogP contribution in [0, 0.1) is 0 Å². The molecule has 3 N–H and O–H groups in total. The van der Waals surface area contributed by atoms with Crippen molar-refractivity contribution in [3.8, 4) is 0 Å². The molecule has 0 fully saturated rings. The first-order chi connectivity index (χ1) is 8.75. The molecule has 88 valence electrons. The first-order valence-electron chi connectivity index (χ1n) is 5.59. The van der Waals surface area contributed by atoms with Gasteiger partial charge in [0.05, 0.1) is 16.7 Å². The lowest BCUT2D eigenvalue weighted by molar-refractivity contribution is 1.49. The van der Waals surface area contributed by atoms with Gasteiger partial charge in [-0.3, -0.25) is 0 Å². The van der Waals surface area contributed by atoms with Crippen molar-refractivity contribution in [2.75, 3.05) is 5.32 Å². The first kappa shape index (κ1) is 10.9. The van der Waals surface area contributed by atoms with Gasteiger partial charge in [-0.2, -0.15) is 0 Å². The SMILES string of the molecule is NC(=S)Nc1c2ccccc2nc2ccccc12. The molecule has 1 aromatic heterocycles. The van der Waals surface area contributed by atoms with E-state index < -0.39 is 0 Å². The Kier molecular flexibility index (Phi) is 2.57. The molecule has 0 atom stereocenters. The lowest BCUT2D eigenvalue weighted by Crippen LogP contribution is -2.19. The van der Waals surface area contributed by atoms with Gasteiger partial charge in [0.25, 0.3) is 0 Å². The number of nitrogens with one attached hydrogen (secondary N) is 1. The van der Waals surface area contributed by atoms with Gasteiger partial charge in [-0.25, -0.2) is 4.98 Å². The van der Waals surface area contributed by atoms with Crippen LogP contribution in [0.4, 0.5) is 5.69 Å². The van der Waals surface area contributed by atoms with E-state index in [2.05, 4.69) is 10.3 Å². The van der Waals surface area contributed by atoms with Crippen molar-refractivity contribution in [1.82, 2.24) is 4.98 Å². The number of anilines is 1. The van der Waals surface area contributed by atoms with E-state index in [1.165, 1.54) is 0 Å². The Hall–Kier alpha value is -2.20. The molecule has 0 aliphatic heterocycles. The maximum Gasteiger partial charge on any atom is 0.168 e. The van der Waals surface area contributed by atoms with Gasteiger partial charge in [-0.1, -0.05) is 36.4 Å². The van der Waals surface area contributed by atoms with Crippen LogP contribution in [0.2, 0.25) is 0 Å². The average molecular weight is 253 g/mol. The second-order valence-electron chi connectivity index (χ2n) is 4.01. The Morgan fingerprint density at radius 1 is 0.944 bits per heavy atom. The molecule has 0 saturated heterocycles. The van der Waals surface area contributed by atoms with Gasteiger partial charge in [0, 0.05) is 10.8 Å². The summed E-state index contributed by atoms with van der Waals surface area (Å²) >= 11 is 4.95. The van der Waals surface area contributed by atoms with Crippen molar-refractivity contribution in [2.45, 2.75) is 0 Å². The maximum atomic E-state index is 5.61. The zero-order valence-corrected chi connectivity index (χ0v) is 10.4. The summed E-state index contributed by atoms with van der Waals surface area (Å²) in [6, 6.07) is 15.9. The topological polar surface area (TPSA) is 50.9 Å². The van der Waals surface area contributed by atoms with Crippen LogP contribution in [0.3, 0.4) is 0 Å². The molecule has 0 amide bonds. The van der Waals surface area contributed by atoms with Gasteiger partial charge < -0.3 is 11.1 Å². The van der Waals surface area contributed by atoms with Crippen molar-refractivity contribution >= 4 is 44.8 Å². The zero-order valence-electron chi connectivity index (χ0n) is 9.55. The van der Waals surface area contributed by atoms with Crippen LogP contribution in [-0.2, 0) is 0 Å². The molecule has 4 heteroatoms. The molecular weight excluding hydrogens is 242 g/mol. The minimum Gasteiger partial charge on any atom is -0.376 e. The molecule has 18 heavy (non-hydrogen) atoms. The second kappa shape index (κ2) is 4.23. The lowest BCUT2D eigenvalue weighted by Gasteiger charge is -2.11. The van der Waals surface area contributed by atoms with Gasteiger partial charge in [0.15, 0.2) is 5.11 Å². The van der Waals surface area contributed by atoms with Crippen molar-refractivity contribution in [3.05, 3.63) is 48.5 Å². The van der Waals surface area contributed by atoms with Gasteiger partial charge >= 0.3 is 0 Å². The van der Waals surface area contributed by atoms with Crippen LogP contribution in [0.25, 0.3) is 21.8 Å². The summed E-state index contributed by atoms with van der Waals surface area (Å²) in [4.78, 5) is 4.62. The van der Waals surface area contributed by atoms with E-state index in [1.54, 1.807) is 0 Å². The van der Waals surface area contributed by atoms with Crippen molar-refractivity contribution < 1.29 is 0 Å². The monoisotopic (exact) mass is 253 g/mol. The number of aromatic nitrogens is 1. The molecule has 3 nitrogen and oxygen atoms in total. The van der Waals surface area contributed by atoms with Gasteiger partial charge in [-0.05, 0) is 24.4 Å². The molecule has 3 rings (SSSR count). The summed E-state index contributed by atoms with van der Waals surface area (Å²) in [5.41, 5.74) is 8.38. The second-order valence-corrected chi connectivity index (χ2v) is 4.45. The smallest absolute Gasteiger partial charge is 0.168 e. The molecule has 0 aliphatic carbocycles. The zero-order chi connectivity index (χ0) is 12.5. The highest BCUT2D eigenvalue weighted by molar-refractivity contribution is 7.80. The third-order valence-corrected chi connectivity index (χ3v) is 2.94. The Labute approximate surface area is 110 Å². The van der Waals surface area contributed by atoms with Crippen molar-refractivity contribution in [2.24, 2.45) is 5.73 Å². The number of pyridine rings is 1. The summed E-state index contributed by atoms with van der Waals surface area (Å²) in [6.07, 6.45) is 0. The van der Waals surface area contributed by atoms with Crippen LogP contribution < -0.4 is 11.1 Å². The highest BCUT2D eigenvalue weighted by Gasteiger charge is 2.08. The number of nitrogens with zero attached hydrogens (tertiary/aromatic N) is 1. The van der Waals surface area contributed by atoms with Crippen LogP contribution >= 0.6 is 12.2 Å². The van der Waals surface area contributed by atoms with Crippen LogP contribution in [0.5, 0.6) is 0 Å². The van der Waals surface area contributed by atoms with E-state index in [0.29, 0.717) is 0 Å². The molecular formula is C14H11N3S. The standard InChI is InChI=1S/C14H11N3S/c15-14(18)17-13-9-5-1-3-7-11(9)16-12-8-4-2-6-10(12)13/h1-8H,(H3,15,16,17,18). The van der Waals surface area contributed by atoms with Crippen LogP contribution in [0.15, 0.2) is 48.5 Å². The van der Waals surface area contributed by atoms with E-state index in [4.69, 9.17) is 18.0 Å². The summed E-state index contributed by atoms with van der Waals surface area (Å²) in [6.45, 7) is 0. The number of hydrogen-bond acceptors (Lipinski definition) is 2. The van der Waals surface area contributed by atoms with E-state index in [9.17, 15) is 0 Å². The number of nitrogens with two attached hydrogens (primary N) is 1. The molecule has 0 bridgehead atoms. The third kappa shape index (κ3) is 1.76. The Morgan fingerprint density at radius 3 is 1.94 bits per heavy atom. The van der Waals surface area contributed by atoms with Crippen LogP contribution in [0.1, 0.15) is 0 Å². The van der Waals surface area contributed by atoms with E-state index in [0.717, 1.165) is 27.5 Å². The highest BCUT2D eigenvalue weighted by atomic mass is 32.1. The molecule has 0 saturated carbocycles. The van der Waals surface area contributed by atoms with Crippen molar-refractivity contribution in [1.29, 1.82) is 0 Å². The third-order valence-electron chi connectivity index (χ3n) is 2.84. The number of rotatable bonds is 1. The number of thiocarbonyl (C=S) groups is 1. The molecule has 2 aromatic carbocycles.